The fourth-order valence-electron chi connectivity index (χ4n) is 2.58. The van der Waals surface area contributed by atoms with Gasteiger partial charge in [0.25, 0.3) is 0 Å². The molecule has 0 amide bonds. The van der Waals surface area contributed by atoms with Crippen molar-refractivity contribution in [2.45, 2.75) is 12.3 Å². The molecule has 0 saturated carbocycles. The molecule has 1 heterocycles. The maximum atomic E-state index is 11.9. The largest absolute Gasteiger partial charge is 0.465 e. The molecule has 0 aliphatic carbocycles. The van der Waals surface area contributed by atoms with Gasteiger partial charge in [0.1, 0.15) is 0 Å². The molecule has 3 rings (SSSR count). The molecule has 1 atom stereocenters. The Balaban J connectivity index is 2.23. The molecule has 2 aromatic rings. The molecular formula is C16H17NO2. The third kappa shape index (κ3) is 1.95. The Bertz CT molecular complexity index is 800. The molecule has 0 aromatic heterocycles. The summed E-state index contributed by atoms with van der Waals surface area (Å²) in [6.45, 7) is -5.32. The van der Waals surface area contributed by atoms with Crippen LogP contribution >= 0.6 is 0 Å². The molecule has 0 radical (unpaired) electrons. The van der Waals surface area contributed by atoms with Gasteiger partial charge in [-0.25, -0.2) is 0 Å². The Morgan fingerprint density at radius 2 is 2.00 bits per heavy atom. The summed E-state index contributed by atoms with van der Waals surface area (Å²) in [6, 6.07) is 9.99. The standard InChI is InChI=1S/C16H17NO2/c1-17(2)15-8-7-12(14-9-10-19-16(14)18)11-5-3-4-6-13(11)15/h3-8,14H,9-10H2,1-2H3/i1D3,2D3. The third-order valence-electron chi connectivity index (χ3n) is 3.49. The van der Waals surface area contributed by atoms with Crippen molar-refractivity contribution in [2.75, 3.05) is 25.5 Å². The fourth-order valence-corrected chi connectivity index (χ4v) is 2.58. The number of anilines is 1. The predicted molar refractivity (Wildman–Crippen MR) is 76.6 cm³/mol. The summed E-state index contributed by atoms with van der Waals surface area (Å²) in [5.41, 5.74) is 0.809. The molecule has 0 bridgehead atoms. The van der Waals surface area contributed by atoms with E-state index in [0.29, 0.717) is 28.7 Å². The molecule has 1 saturated heterocycles. The Hall–Kier alpha value is -2.03. The van der Waals surface area contributed by atoms with Gasteiger partial charge >= 0.3 is 5.97 Å². The average molecular weight is 261 g/mol. The van der Waals surface area contributed by atoms with Crippen LogP contribution in [0.5, 0.6) is 0 Å². The fraction of sp³-hybridized carbons (Fsp3) is 0.312. The first-order valence-electron chi connectivity index (χ1n) is 9.09. The minimum atomic E-state index is -2.83. The predicted octanol–water partition coefficient (Wildman–Crippen LogP) is 2.94. The highest BCUT2D eigenvalue weighted by molar-refractivity contribution is 5.99. The zero-order valence-electron chi connectivity index (χ0n) is 16.2. The van der Waals surface area contributed by atoms with Crippen molar-refractivity contribution >= 4 is 22.4 Å². The number of carbonyl (C=O) groups is 1. The highest BCUT2D eigenvalue weighted by Crippen LogP contribution is 2.35. The lowest BCUT2D eigenvalue weighted by atomic mass is 9.91. The normalized spacial score (nSPS) is 24.6. The molecule has 0 spiro atoms. The number of cyclic esters (lactones) is 1. The zero-order valence-corrected chi connectivity index (χ0v) is 10.2. The lowest BCUT2D eigenvalue weighted by Gasteiger charge is -2.18. The van der Waals surface area contributed by atoms with E-state index in [1.165, 1.54) is 6.07 Å². The van der Waals surface area contributed by atoms with Crippen LogP contribution in [0.1, 0.15) is 26.1 Å². The highest BCUT2D eigenvalue weighted by atomic mass is 16.5. The summed E-state index contributed by atoms with van der Waals surface area (Å²) in [5, 5.41) is 1.13. The van der Waals surface area contributed by atoms with Crippen molar-refractivity contribution in [1.29, 1.82) is 0 Å². The van der Waals surface area contributed by atoms with Crippen LogP contribution in [0.2, 0.25) is 0 Å². The van der Waals surface area contributed by atoms with E-state index in [9.17, 15) is 4.79 Å². The zero-order chi connectivity index (χ0) is 18.4. The summed E-state index contributed by atoms with van der Waals surface area (Å²) in [6.07, 6.45) is 0.546. The van der Waals surface area contributed by atoms with Gasteiger partial charge in [-0.15, -0.1) is 0 Å². The molecule has 1 aliphatic heterocycles. The number of carbonyl (C=O) groups excluding carboxylic acids is 1. The smallest absolute Gasteiger partial charge is 0.313 e. The van der Waals surface area contributed by atoms with E-state index in [2.05, 4.69) is 0 Å². The first-order valence-corrected chi connectivity index (χ1v) is 6.09. The molecular weight excluding hydrogens is 238 g/mol. The first kappa shape index (κ1) is 6.94. The number of ether oxygens (including phenoxy) is 1. The van der Waals surface area contributed by atoms with Gasteiger partial charge in [-0.3, -0.25) is 4.79 Å². The minimum Gasteiger partial charge on any atom is -0.465 e. The molecule has 19 heavy (non-hydrogen) atoms. The third-order valence-corrected chi connectivity index (χ3v) is 3.49. The quantitative estimate of drug-likeness (QED) is 0.778. The topological polar surface area (TPSA) is 29.5 Å². The second-order valence-electron chi connectivity index (χ2n) is 4.56. The van der Waals surface area contributed by atoms with Crippen LogP contribution in [-0.4, -0.2) is 26.5 Å². The molecule has 1 aliphatic rings. The van der Waals surface area contributed by atoms with E-state index in [-0.39, 0.29) is 11.7 Å². The highest BCUT2D eigenvalue weighted by Gasteiger charge is 2.29. The molecule has 1 unspecified atom stereocenters. The van der Waals surface area contributed by atoms with Gasteiger partial charge in [-0.2, -0.15) is 0 Å². The van der Waals surface area contributed by atoms with Crippen molar-refractivity contribution < 1.29 is 17.8 Å². The Morgan fingerprint density at radius 3 is 2.68 bits per heavy atom. The van der Waals surface area contributed by atoms with Gasteiger partial charge in [0.05, 0.1) is 12.5 Å². The summed E-state index contributed by atoms with van der Waals surface area (Å²) in [7, 11) is 0. The maximum Gasteiger partial charge on any atom is 0.313 e. The van der Waals surface area contributed by atoms with Crippen molar-refractivity contribution in [3.8, 4) is 0 Å². The second kappa shape index (κ2) is 4.57. The molecule has 3 heteroatoms. The van der Waals surface area contributed by atoms with Crippen molar-refractivity contribution in [3.63, 3.8) is 0 Å². The van der Waals surface area contributed by atoms with E-state index in [1.54, 1.807) is 30.3 Å². The minimum absolute atomic E-state index is 0.0886. The van der Waals surface area contributed by atoms with E-state index >= 15 is 0 Å². The van der Waals surface area contributed by atoms with Crippen LogP contribution in [0.15, 0.2) is 36.4 Å². The molecule has 3 nitrogen and oxygen atoms in total. The maximum absolute atomic E-state index is 11.9. The van der Waals surface area contributed by atoms with E-state index < -0.39 is 19.9 Å². The lowest BCUT2D eigenvalue weighted by molar-refractivity contribution is -0.139. The number of hydrogen-bond donors (Lipinski definition) is 0. The van der Waals surface area contributed by atoms with E-state index in [1.807, 2.05) is 0 Å². The lowest BCUT2D eigenvalue weighted by Crippen LogP contribution is -2.11. The van der Waals surface area contributed by atoms with Crippen LogP contribution in [0.25, 0.3) is 10.8 Å². The average Bonchev–Trinajstić information content (AvgIpc) is 2.91. The number of rotatable bonds is 2. The van der Waals surface area contributed by atoms with Gasteiger partial charge in [0.15, 0.2) is 0 Å². The van der Waals surface area contributed by atoms with Crippen LogP contribution in [0.4, 0.5) is 5.69 Å². The molecule has 0 N–H and O–H groups in total. The van der Waals surface area contributed by atoms with Crippen LogP contribution in [-0.2, 0) is 9.53 Å². The van der Waals surface area contributed by atoms with Crippen molar-refractivity contribution in [1.82, 2.24) is 0 Å². The van der Waals surface area contributed by atoms with Gasteiger partial charge in [-0.05, 0) is 23.4 Å². The molecule has 98 valence electrons. The van der Waals surface area contributed by atoms with Gasteiger partial charge in [0.2, 0.25) is 0 Å². The Kier molecular flexibility index (Phi) is 1.67. The van der Waals surface area contributed by atoms with Gasteiger partial charge in [0, 0.05) is 33.2 Å². The second-order valence-corrected chi connectivity index (χ2v) is 4.56. The summed E-state index contributed by atoms with van der Waals surface area (Å²) in [4.78, 5) is 12.4. The van der Waals surface area contributed by atoms with Crippen LogP contribution < -0.4 is 4.90 Å². The summed E-state index contributed by atoms with van der Waals surface area (Å²) >= 11 is 0. The monoisotopic (exact) mass is 261 g/mol. The Morgan fingerprint density at radius 1 is 1.21 bits per heavy atom. The number of fused-ring (bicyclic) bond motifs is 1. The van der Waals surface area contributed by atoms with Crippen molar-refractivity contribution in [2.24, 2.45) is 0 Å². The first-order chi connectivity index (χ1) is 11.6. The molecule has 2 aromatic carbocycles. The summed E-state index contributed by atoms with van der Waals surface area (Å²) in [5.74, 6) is -0.741. The van der Waals surface area contributed by atoms with Gasteiger partial charge in [-0.1, -0.05) is 30.3 Å². The van der Waals surface area contributed by atoms with Crippen LogP contribution in [0.3, 0.4) is 0 Å². The van der Waals surface area contributed by atoms with Crippen molar-refractivity contribution in [3.05, 3.63) is 42.0 Å². The number of hydrogen-bond acceptors (Lipinski definition) is 3. The number of nitrogens with zero attached hydrogens (tertiary/aromatic N) is 1. The summed E-state index contributed by atoms with van der Waals surface area (Å²) < 4.78 is 50.8. The SMILES string of the molecule is [2H]C([2H])([2H])N(c1ccc(C2CCOC2=O)c2ccccc12)C([2H])([2H])[2H]. The Labute approximate surface area is 121 Å². The number of esters is 1. The molecule has 1 fully saturated rings. The van der Waals surface area contributed by atoms with Gasteiger partial charge < -0.3 is 9.64 Å². The van der Waals surface area contributed by atoms with E-state index in [0.717, 1.165) is 5.56 Å². The van der Waals surface area contributed by atoms with E-state index in [4.69, 9.17) is 13.0 Å². The number of benzene rings is 2. The van der Waals surface area contributed by atoms with Crippen LogP contribution in [0, 0.1) is 0 Å².